The van der Waals surface area contributed by atoms with Crippen LogP contribution in [0.3, 0.4) is 0 Å². The lowest BCUT2D eigenvalue weighted by Crippen LogP contribution is -3.14. The van der Waals surface area contributed by atoms with Crippen LogP contribution in [0.2, 0.25) is 0 Å². The van der Waals surface area contributed by atoms with Crippen LogP contribution in [0, 0.1) is 6.92 Å². The minimum absolute atomic E-state index is 0.0169. The van der Waals surface area contributed by atoms with Gasteiger partial charge in [0.05, 0.1) is 23.0 Å². The molecule has 4 rings (SSSR count). The normalized spacial score (nSPS) is 23.2. The van der Waals surface area contributed by atoms with E-state index in [1.807, 2.05) is 19.1 Å². The maximum absolute atomic E-state index is 12.6. The summed E-state index contributed by atoms with van der Waals surface area (Å²) in [6.07, 6.45) is 0.700. The summed E-state index contributed by atoms with van der Waals surface area (Å²) in [4.78, 5) is 15.6. The predicted molar refractivity (Wildman–Crippen MR) is 90.0 cm³/mol. The highest BCUT2D eigenvalue weighted by atomic mass is 32.1. The summed E-state index contributed by atoms with van der Waals surface area (Å²) in [7, 11) is 0. The molecule has 2 aromatic rings. The van der Waals surface area contributed by atoms with Gasteiger partial charge in [-0.3, -0.25) is 4.79 Å². The van der Waals surface area contributed by atoms with E-state index >= 15 is 0 Å². The number of carbonyl (C=O) groups is 1. The summed E-state index contributed by atoms with van der Waals surface area (Å²) in [6.45, 7) is 8.54. The Morgan fingerprint density at radius 3 is 2.87 bits per heavy atom. The molecule has 0 spiro atoms. The van der Waals surface area contributed by atoms with Gasteiger partial charge >= 0.3 is 0 Å². The molecule has 0 aliphatic carbocycles. The molecule has 6 heteroatoms. The highest BCUT2D eigenvalue weighted by Crippen LogP contribution is 2.39. The van der Waals surface area contributed by atoms with Crippen molar-refractivity contribution >= 4 is 22.2 Å². The Labute approximate surface area is 139 Å². The van der Waals surface area contributed by atoms with E-state index in [4.69, 9.17) is 4.42 Å². The molecule has 0 fully saturated rings. The molecule has 0 saturated carbocycles. The number of quaternary nitrogens is 1. The largest absolute Gasteiger partial charge is 0.462 e. The van der Waals surface area contributed by atoms with Crippen molar-refractivity contribution in [3.05, 3.63) is 39.7 Å². The van der Waals surface area contributed by atoms with Crippen LogP contribution in [0.5, 0.6) is 0 Å². The van der Waals surface area contributed by atoms with Crippen molar-refractivity contribution in [1.82, 2.24) is 5.32 Å². The molecule has 1 unspecified atom stereocenters. The number of aryl methyl sites for hydroxylation is 1. The van der Waals surface area contributed by atoms with Crippen molar-refractivity contribution in [2.24, 2.45) is 0 Å². The number of carbonyl (C=O) groups excluding carboxylic acids is 1. The molecule has 0 saturated heterocycles. The molecule has 0 radical (unpaired) electrons. The van der Waals surface area contributed by atoms with Crippen LogP contribution >= 0.6 is 11.3 Å². The monoisotopic (exact) mass is 332 g/mol. The summed E-state index contributed by atoms with van der Waals surface area (Å²) >= 11 is 1.73. The Kier molecular flexibility index (Phi) is 3.46. The molecule has 1 amide bonds. The second kappa shape index (κ2) is 5.39. The van der Waals surface area contributed by atoms with Gasteiger partial charge in [-0.05, 0) is 38.5 Å². The summed E-state index contributed by atoms with van der Waals surface area (Å²) < 4.78 is 5.66. The Morgan fingerprint density at radius 1 is 1.35 bits per heavy atom. The number of hydrogen-bond donors (Lipinski definition) is 3. The maximum Gasteiger partial charge on any atom is 0.256 e. The third-order valence-electron chi connectivity index (χ3n) is 4.81. The second-order valence-corrected chi connectivity index (χ2v) is 7.80. The topological polar surface area (TPSA) is 58.7 Å². The quantitative estimate of drug-likeness (QED) is 0.787. The number of furan rings is 1. The van der Waals surface area contributed by atoms with E-state index in [0.29, 0.717) is 6.04 Å². The van der Waals surface area contributed by atoms with Crippen LogP contribution in [0.25, 0.3) is 0 Å². The van der Waals surface area contributed by atoms with Gasteiger partial charge in [-0.25, -0.2) is 0 Å². The van der Waals surface area contributed by atoms with Gasteiger partial charge in [-0.15, -0.1) is 11.3 Å². The van der Waals surface area contributed by atoms with Crippen molar-refractivity contribution in [3.8, 4) is 0 Å². The summed E-state index contributed by atoms with van der Waals surface area (Å²) in [5.74, 6) is 1.62. The number of rotatable bonds is 2. The Bertz CT molecular complexity index is 762. The first kappa shape index (κ1) is 14.8. The standard InChI is InChI=1S/C17H21N3O2S/c1-9(2)20-7-6-11-13(8-20)23-17-14(11)16(21)18-15(19-17)12-5-4-10(3)22-12/h4-5,9,15,19H,6-8H2,1-3H3,(H,18,21)/p+1/t15-/m0/s1. The van der Waals surface area contributed by atoms with E-state index in [1.54, 1.807) is 16.2 Å². The van der Waals surface area contributed by atoms with Crippen LogP contribution in [-0.2, 0) is 13.0 Å². The molecule has 4 heterocycles. The van der Waals surface area contributed by atoms with Crippen LogP contribution in [0.15, 0.2) is 16.5 Å². The fourth-order valence-electron chi connectivity index (χ4n) is 3.46. The van der Waals surface area contributed by atoms with Crippen molar-refractivity contribution in [3.63, 3.8) is 0 Å². The fraction of sp³-hybridized carbons (Fsp3) is 0.471. The summed E-state index contributed by atoms with van der Waals surface area (Å²) in [5, 5.41) is 7.46. The first-order valence-corrected chi connectivity index (χ1v) is 8.97. The van der Waals surface area contributed by atoms with Crippen molar-refractivity contribution < 1.29 is 14.1 Å². The molecule has 2 aliphatic heterocycles. The number of hydrogen-bond acceptors (Lipinski definition) is 4. The van der Waals surface area contributed by atoms with E-state index in [-0.39, 0.29) is 12.1 Å². The van der Waals surface area contributed by atoms with E-state index < -0.39 is 0 Å². The molecule has 3 N–H and O–H groups in total. The van der Waals surface area contributed by atoms with Crippen LogP contribution in [0.4, 0.5) is 5.00 Å². The molecule has 2 aromatic heterocycles. The lowest BCUT2D eigenvalue weighted by Gasteiger charge is -2.28. The van der Waals surface area contributed by atoms with Crippen LogP contribution in [0.1, 0.15) is 52.3 Å². The zero-order chi connectivity index (χ0) is 16.1. The predicted octanol–water partition coefficient (Wildman–Crippen LogP) is 1.85. The van der Waals surface area contributed by atoms with E-state index in [1.165, 1.54) is 10.4 Å². The number of fused-ring (bicyclic) bond motifs is 3. The fourth-order valence-corrected chi connectivity index (χ4v) is 4.78. The molecular formula is C17H22N3O2S+. The summed E-state index contributed by atoms with van der Waals surface area (Å²) in [6, 6.07) is 4.45. The molecule has 0 aromatic carbocycles. The van der Waals surface area contributed by atoms with Crippen molar-refractivity contribution in [2.75, 3.05) is 11.9 Å². The number of nitrogens with one attached hydrogen (secondary N) is 3. The first-order chi connectivity index (χ1) is 11.0. The van der Waals surface area contributed by atoms with Gasteiger partial charge in [0.2, 0.25) is 0 Å². The third kappa shape index (κ3) is 2.46. The SMILES string of the molecule is Cc1ccc([C@H]2NC(=O)c3c(sc4c3CC[NH+](C(C)C)C4)N2)o1. The first-order valence-electron chi connectivity index (χ1n) is 8.15. The lowest BCUT2D eigenvalue weighted by atomic mass is 10.0. The molecule has 122 valence electrons. The molecular weight excluding hydrogens is 310 g/mol. The average Bonchev–Trinajstić information content (AvgIpc) is 3.09. The minimum atomic E-state index is -0.280. The Morgan fingerprint density at radius 2 is 2.17 bits per heavy atom. The Balaban J connectivity index is 1.66. The van der Waals surface area contributed by atoms with Crippen molar-refractivity contribution in [2.45, 2.75) is 45.9 Å². The number of anilines is 1. The molecule has 0 bridgehead atoms. The van der Waals surface area contributed by atoms with Gasteiger partial charge in [-0.1, -0.05) is 0 Å². The lowest BCUT2D eigenvalue weighted by molar-refractivity contribution is -0.936. The zero-order valence-electron chi connectivity index (χ0n) is 13.7. The number of amides is 1. The maximum atomic E-state index is 12.6. The van der Waals surface area contributed by atoms with Crippen molar-refractivity contribution in [1.29, 1.82) is 0 Å². The molecule has 23 heavy (non-hydrogen) atoms. The van der Waals surface area contributed by atoms with Gasteiger partial charge < -0.3 is 20.0 Å². The highest BCUT2D eigenvalue weighted by molar-refractivity contribution is 7.16. The Hall–Kier alpha value is -1.79. The molecule has 2 atom stereocenters. The molecule has 2 aliphatic rings. The van der Waals surface area contributed by atoms with Gasteiger partial charge in [0.25, 0.3) is 5.91 Å². The smallest absolute Gasteiger partial charge is 0.256 e. The number of thiophene rings is 1. The van der Waals surface area contributed by atoms with Gasteiger partial charge in [0, 0.05) is 6.42 Å². The van der Waals surface area contributed by atoms with Crippen LogP contribution in [-0.4, -0.2) is 18.5 Å². The summed E-state index contributed by atoms with van der Waals surface area (Å²) in [5.41, 5.74) is 2.10. The highest BCUT2D eigenvalue weighted by Gasteiger charge is 2.35. The molecule has 5 nitrogen and oxygen atoms in total. The minimum Gasteiger partial charge on any atom is -0.462 e. The van der Waals surface area contributed by atoms with Gasteiger partial charge in [0.1, 0.15) is 23.1 Å². The van der Waals surface area contributed by atoms with E-state index in [9.17, 15) is 4.79 Å². The third-order valence-corrected chi connectivity index (χ3v) is 5.98. The second-order valence-electron chi connectivity index (χ2n) is 6.70. The zero-order valence-corrected chi connectivity index (χ0v) is 14.5. The average molecular weight is 332 g/mol. The van der Waals surface area contributed by atoms with E-state index in [2.05, 4.69) is 24.5 Å². The van der Waals surface area contributed by atoms with Crippen LogP contribution < -0.4 is 15.5 Å². The van der Waals surface area contributed by atoms with E-state index in [0.717, 1.165) is 41.6 Å². The van der Waals surface area contributed by atoms with Gasteiger partial charge in [-0.2, -0.15) is 0 Å². The van der Waals surface area contributed by atoms with Gasteiger partial charge in [0.15, 0.2) is 6.17 Å².